The summed E-state index contributed by atoms with van der Waals surface area (Å²) >= 11 is 12.3. The molecule has 3 heterocycles. The van der Waals surface area contributed by atoms with Crippen molar-refractivity contribution in [2.45, 2.75) is 12.1 Å². The van der Waals surface area contributed by atoms with Crippen LogP contribution in [0.15, 0.2) is 54.9 Å². The minimum absolute atomic E-state index is 0.0911. The Labute approximate surface area is 209 Å². The second-order valence-electron chi connectivity index (χ2n) is 8.10. The van der Waals surface area contributed by atoms with Crippen molar-refractivity contribution in [3.8, 4) is 6.07 Å². The van der Waals surface area contributed by atoms with Crippen LogP contribution in [0.5, 0.6) is 0 Å². The molecule has 3 aromatic rings. The maximum Gasteiger partial charge on any atom is 0.417 e. The molecule has 0 spiro atoms. The summed E-state index contributed by atoms with van der Waals surface area (Å²) in [7, 11) is 0. The number of alkyl halides is 3. The average molecular weight is 520 g/mol. The van der Waals surface area contributed by atoms with E-state index in [4.69, 9.17) is 28.5 Å². The van der Waals surface area contributed by atoms with Gasteiger partial charge in [-0.1, -0.05) is 29.3 Å². The van der Waals surface area contributed by atoms with Crippen molar-refractivity contribution in [3.05, 3.63) is 87.3 Å². The minimum atomic E-state index is -4.46. The average Bonchev–Trinajstić information content (AvgIpc) is 3.28. The number of rotatable bonds is 5. The van der Waals surface area contributed by atoms with Gasteiger partial charge in [-0.05, 0) is 42.0 Å². The maximum atomic E-state index is 13.1. The van der Waals surface area contributed by atoms with Crippen molar-refractivity contribution >= 4 is 34.9 Å². The number of hydrogen-bond donors (Lipinski definition) is 1. The quantitative estimate of drug-likeness (QED) is 0.471. The van der Waals surface area contributed by atoms with Crippen LogP contribution >= 0.6 is 23.2 Å². The van der Waals surface area contributed by atoms with Gasteiger partial charge in [0, 0.05) is 43.9 Å². The number of anilines is 1. The summed E-state index contributed by atoms with van der Waals surface area (Å²) in [5.74, 6) is -0.136. The first-order chi connectivity index (χ1) is 16.7. The molecule has 1 N–H and O–H groups in total. The highest BCUT2D eigenvalue weighted by Crippen LogP contribution is 2.36. The number of halogens is 5. The van der Waals surface area contributed by atoms with E-state index in [9.17, 15) is 18.0 Å². The van der Waals surface area contributed by atoms with Crippen LogP contribution in [0, 0.1) is 17.2 Å². The zero-order chi connectivity index (χ0) is 25.2. The van der Waals surface area contributed by atoms with Crippen LogP contribution in [-0.2, 0) is 6.18 Å². The van der Waals surface area contributed by atoms with Crippen molar-refractivity contribution < 1.29 is 18.0 Å². The number of nitrogens with zero attached hydrogens (tertiary/aromatic N) is 4. The Bertz CT molecular complexity index is 1260. The number of pyridine rings is 2. The van der Waals surface area contributed by atoms with E-state index in [1.807, 2.05) is 12.1 Å². The number of hydrogen-bond acceptors (Lipinski definition) is 5. The normalized spacial score (nSPS) is 17.8. The van der Waals surface area contributed by atoms with E-state index >= 15 is 0 Å². The molecule has 0 bridgehead atoms. The van der Waals surface area contributed by atoms with Gasteiger partial charge in [-0.15, -0.1) is 0 Å². The van der Waals surface area contributed by atoms with E-state index in [0.29, 0.717) is 41.1 Å². The van der Waals surface area contributed by atoms with Crippen LogP contribution in [0.3, 0.4) is 0 Å². The summed E-state index contributed by atoms with van der Waals surface area (Å²) in [6.45, 7) is 1.14. The molecule has 0 aliphatic carbocycles. The maximum absolute atomic E-state index is 13.1. The van der Waals surface area contributed by atoms with Crippen LogP contribution in [0.1, 0.15) is 33.1 Å². The molecule has 1 fully saturated rings. The first-order valence-electron chi connectivity index (χ1n) is 10.5. The fourth-order valence-electron chi connectivity index (χ4n) is 4.04. The van der Waals surface area contributed by atoms with Crippen LogP contribution in [0.25, 0.3) is 0 Å². The number of nitrogens with one attached hydrogen (secondary N) is 1. The molecule has 1 amide bonds. The Kier molecular flexibility index (Phi) is 7.15. The third kappa shape index (κ3) is 5.66. The summed E-state index contributed by atoms with van der Waals surface area (Å²) in [6, 6.07) is 12.5. The molecule has 11 heteroatoms. The van der Waals surface area contributed by atoms with Gasteiger partial charge >= 0.3 is 6.18 Å². The van der Waals surface area contributed by atoms with Crippen molar-refractivity contribution in [3.63, 3.8) is 0 Å². The lowest BCUT2D eigenvalue weighted by atomic mass is 9.89. The van der Waals surface area contributed by atoms with Gasteiger partial charge in [-0.2, -0.15) is 18.4 Å². The molecule has 0 saturated carbocycles. The third-order valence-electron chi connectivity index (χ3n) is 5.86. The van der Waals surface area contributed by atoms with E-state index in [-0.39, 0.29) is 23.4 Å². The van der Waals surface area contributed by atoms with Crippen LogP contribution < -0.4 is 5.32 Å². The molecule has 1 aromatic carbocycles. The summed E-state index contributed by atoms with van der Waals surface area (Å²) in [6.07, 6.45) is -2.31. The van der Waals surface area contributed by atoms with E-state index in [0.717, 1.165) is 17.8 Å². The largest absolute Gasteiger partial charge is 0.417 e. The topological polar surface area (TPSA) is 81.9 Å². The molecule has 1 aliphatic heterocycles. The molecular formula is C24H18Cl2F3N5O. The Hall–Kier alpha value is -3.35. The molecule has 6 nitrogen and oxygen atoms in total. The van der Waals surface area contributed by atoms with E-state index < -0.39 is 11.7 Å². The molecule has 35 heavy (non-hydrogen) atoms. The van der Waals surface area contributed by atoms with Gasteiger partial charge in [0.05, 0.1) is 21.2 Å². The number of benzene rings is 1. The lowest BCUT2D eigenvalue weighted by Crippen LogP contribution is -2.29. The Balaban J connectivity index is 1.54. The van der Waals surface area contributed by atoms with Gasteiger partial charge in [0.15, 0.2) is 0 Å². The molecule has 1 saturated heterocycles. The lowest BCUT2D eigenvalue weighted by Gasteiger charge is -2.20. The number of amides is 1. The monoisotopic (exact) mass is 519 g/mol. The number of nitriles is 1. The summed E-state index contributed by atoms with van der Waals surface area (Å²) < 4.78 is 38.4. The van der Waals surface area contributed by atoms with Crippen molar-refractivity contribution in [2.75, 3.05) is 25.0 Å². The molecule has 4 rings (SSSR count). The van der Waals surface area contributed by atoms with E-state index in [1.165, 1.54) is 18.3 Å². The Morgan fingerprint density at radius 2 is 1.89 bits per heavy atom. The fraction of sp³-hybridized carbons (Fsp3) is 0.250. The Morgan fingerprint density at radius 3 is 2.49 bits per heavy atom. The molecular weight excluding hydrogens is 502 g/mol. The highest BCUT2D eigenvalue weighted by Gasteiger charge is 2.37. The SMILES string of the molecule is N#Cc1ccc(C(=O)N2CC(CNc3ccc(C(F)(F)F)cn3)[C@@H](c3ccc(Cl)c(Cl)c3)C2)cn1. The molecule has 2 aromatic heterocycles. The lowest BCUT2D eigenvalue weighted by molar-refractivity contribution is -0.137. The molecule has 180 valence electrons. The second kappa shape index (κ2) is 10.1. The van der Waals surface area contributed by atoms with Gasteiger partial charge in [0.2, 0.25) is 0 Å². The van der Waals surface area contributed by atoms with Gasteiger partial charge in [-0.3, -0.25) is 4.79 Å². The van der Waals surface area contributed by atoms with Crippen molar-refractivity contribution in [1.29, 1.82) is 5.26 Å². The van der Waals surface area contributed by atoms with Crippen molar-refractivity contribution in [2.24, 2.45) is 5.92 Å². The predicted octanol–water partition coefficient (Wildman–Crippen LogP) is 5.64. The molecule has 2 atom stereocenters. The van der Waals surface area contributed by atoms with E-state index in [1.54, 1.807) is 23.1 Å². The number of carbonyl (C=O) groups is 1. The van der Waals surface area contributed by atoms with E-state index in [2.05, 4.69) is 15.3 Å². The number of aromatic nitrogens is 2. The Morgan fingerprint density at radius 1 is 1.09 bits per heavy atom. The summed E-state index contributed by atoms with van der Waals surface area (Å²) in [5, 5.41) is 12.8. The zero-order valence-electron chi connectivity index (χ0n) is 18.1. The summed E-state index contributed by atoms with van der Waals surface area (Å²) in [4.78, 5) is 22.6. The number of likely N-dealkylation sites (tertiary alicyclic amines) is 1. The number of carbonyl (C=O) groups excluding carboxylic acids is 1. The first-order valence-corrected chi connectivity index (χ1v) is 11.3. The fourth-order valence-corrected chi connectivity index (χ4v) is 4.34. The van der Waals surface area contributed by atoms with Gasteiger partial charge in [-0.25, -0.2) is 9.97 Å². The highest BCUT2D eigenvalue weighted by molar-refractivity contribution is 6.42. The second-order valence-corrected chi connectivity index (χ2v) is 8.92. The van der Waals surface area contributed by atoms with Crippen LogP contribution in [-0.4, -0.2) is 40.4 Å². The third-order valence-corrected chi connectivity index (χ3v) is 6.60. The van der Waals surface area contributed by atoms with Gasteiger partial charge < -0.3 is 10.2 Å². The first kappa shape index (κ1) is 24.8. The predicted molar refractivity (Wildman–Crippen MR) is 125 cm³/mol. The zero-order valence-corrected chi connectivity index (χ0v) is 19.6. The van der Waals surface area contributed by atoms with Crippen LogP contribution in [0.4, 0.5) is 19.0 Å². The molecule has 1 unspecified atom stereocenters. The minimum Gasteiger partial charge on any atom is -0.370 e. The molecule has 1 aliphatic rings. The smallest absolute Gasteiger partial charge is 0.370 e. The van der Waals surface area contributed by atoms with Crippen LogP contribution in [0.2, 0.25) is 10.0 Å². The van der Waals surface area contributed by atoms with Crippen molar-refractivity contribution in [1.82, 2.24) is 14.9 Å². The van der Waals surface area contributed by atoms with Gasteiger partial charge in [0.1, 0.15) is 17.6 Å². The standard InChI is InChI=1S/C24H18Cl2F3N5O/c25-20-5-2-14(7-21(20)26)19-13-34(23(35)15-1-4-18(8-30)31-9-15)12-16(19)10-32-22-6-3-17(11-33-22)24(27,28)29/h1-7,9,11,16,19H,10,12-13H2,(H,32,33)/t16?,19-/m1/s1. The molecule has 0 radical (unpaired) electrons. The van der Waals surface area contributed by atoms with Gasteiger partial charge in [0.25, 0.3) is 5.91 Å². The highest BCUT2D eigenvalue weighted by atomic mass is 35.5. The summed E-state index contributed by atoms with van der Waals surface area (Å²) in [5.41, 5.74) is 0.628.